The van der Waals surface area contributed by atoms with Gasteiger partial charge in [0.2, 0.25) is 11.8 Å². The number of furan rings is 1. The summed E-state index contributed by atoms with van der Waals surface area (Å²) in [5.41, 5.74) is 8.07. The van der Waals surface area contributed by atoms with Gasteiger partial charge in [-0.05, 0) is 6.07 Å². The molecule has 1 aliphatic heterocycles. The molecular weight excluding hydrogens is 820 g/mol. The van der Waals surface area contributed by atoms with Crippen LogP contribution in [0.1, 0.15) is 17.6 Å². The number of aromatic amines is 2. The van der Waals surface area contributed by atoms with Crippen molar-refractivity contribution in [2.75, 3.05) is 18.9 Å². The Morgan fingerprint density at radius 1 is 0.907 bits per heavy atom. The maximum Gasteiger partial charge on any atom is 0.490 e. The van der Waals surface area contributed by atoms with E-state index in [4.69, 9.17) is 20.6 Å². The van der Waals surface area contributed by atoms with Crippen LogP contribution in [0.25, 0.3) is 23.1 Å². The predicted molar refractivity (Wildman–Crippen MR) is 175 cm³/mol. The average molecular weight is 848 g/mol. The molecule has 1 fully saturated rings. The third-order valence-corrected chi connectivity index (χ3v) is 12.6. The first-order valence-corrected chi connectivity index (χ1v) is 20.4. The van der Waals surface area contributed by atoms with Crippen LogP contribution in [0.15, 0.2) is 49.5 Å². The van der Waals surface area contributed by atoms with E-state index in [-0.39, 0.29) is 40.9 Å². The van der Waals surface area contributed by atoms with Crippen molar-refractivity contribution in [3.05, 3.63) is 73.2 Å². The van der Waals surface area contributed by atoms with Gasteiger partial charge in [0.15, 0.2) is 17.4 Å². The van der Waals surface area contributed by atoms with Gasteiger partial charge in [-0.2, -0.15) is 17.9 Å². The highest BCUT2D eigenvalue weighted by Gasteiger charge is 2.48. The van der Waals surface area contributed by atoms with Gasteiger partial charge in [0.1, 0.15) is 37.0 Å². The molecule has 296 valence electrons. The first-order chi connectivity index (χ1) is 25.1. The molecule has 0 radical (unpaired) electrons. The van der Waals surface area contributed by atoms with E-state index in [9.17, 15) is 62.4 Å². The van der Waals surface area contributed by atoms with E-state index in [2.05, 4.69) is 36.9 Å². The van der Waals surface area contributed by atoms with E-state index in [1.807, 2.05) is 4.98 Å². The van der Waals surface area contributed by atoms with Crippen LogP contribution in [-0.4, -0.2) is 90.3 Å². The van der Waals surface area contributed by atoms with E-state index in [0.717, 1.165) is 12.5 Å². The quantitative estimate of drug-likeness (QED) is 0.0568. The fraction of sp³-hybridized carbons (Fsp3) is 0.318. The van der Waals surface area contributed by atoms with Crippen LogP contribution in [0.4, 0.5) is 5.95 Å². The number of aliphatic hydroxyl groups is 2. The van der Waals surface area contributed by atoms with Crippen molar-refractivity contribution in [1.82, 2.24) is 29.1 Å². The topological polar surface area (TPSA) is 429 Å². The molecule has 5 heterocycles. The number of imidazole rings is 1. The first kappa shape index (κ1) is 41.4. The Kier molecular flexibility index (Phi) is 12.1. The lowest BCUT2D eigenvalue weighted by molar-refractivity contribution is -0.0542. The molecule has 6 unspecified atom stereocenters. The summed E-state index contributed by atoms with van der Waals surface area (Å²) in [6.07, 6.45) is -2.60. The summed E-state index contributed by atoms with van der Waals surface area (Å²) in [6, 6.07) is 2.47. The number of nitrogens with two attached hydrogens (primary N) is 2. The number of ether oxygens (including phenoxy) is 1. The van der Waals surface area contributed by atoms with Crippen molar-refractivity contribution in [1.29, 1.82) is 0 Å². The lowest BCUT2D eigenvalue weighted by atomic mass is 10.1. The van der Waals surface area contributed by atoms with Gasteiger partial charge in [-0.3, -0.25) is 37.7 Å². The molecule has 12 N–H and O–H groups in total. The van der Waals surface area contributed by atoms with E-state index in [1.54, 1.807) is 0 Å². The second-order valence-electron chi connectivity index (χ2n) is 10.6. The number of anilines is 1. The monoisotopic (exact) mass is 848 g/mol. The van der Waals surface area contributed by atoms with Gasteiger partial charge in [0.25, 0.3) is 11.1 Å². The van der Waals surface area contributed by atoms with Crippen LogP contribution in [0, 0.1) is 0 Å². The molecule has 0 aromatic carbocycles. The molecule has 1 aliphatic rings. The molecule has 1 saturated heterocycles. The standard InChI is InChI=1S/C22H28N8O20P4/c23-5-1-2-10-6-29(22(35)28-18(10)33)20-16(32)15(31)12(47-20)8-45-52(38,39)49-54(42,43)50-53(40,41)48-51(36,37)44-7-11-3-4-13(46-11)30-9-25-14-17(30)26-21(24)27-19(14)34/h1-4,6,9,12,15-16,20,31-32H,5,7-8,23H2,(H,36,37)(H,38,39)(H,40,41)(H,42,43)(H,28,33,35)(H3,24,26,27,34)/b2-1+/t12-,15?,16?,20-/m0/s1. The van der Waals surface area contributed by atoms with E-state index < -0.39 is 85.9 Å². The summed E-state index contributed by atoms with van der Waals surface area (Å²) in [6.45, 7) is -2.13. The van der Waals surface area contributed by atoms with Crippen LogP contribution in [0.2, 0.25) is 0 Å². The molecule has 0 saturated carbocycles. The number of nitrogens with one attached hydrogen (secondary N) is 2. The smallest absolute Gasteiger partial charge is 0.442 e. The van der Waals surface area contributed by atoms with Gasteiger partial charge in [-0.1, -0.05) is 12.2 Å². The normalized spacial score (nSPS) is 23.6. The number of rotatable bonds is 16. The summed E-state index contributed by atoms with van der Waals surface area (Å²) in [5, 5.41) is 20.8. The number of hydrogen-bond donors (Lipinski definition) is 10. The van der Waals surface area contributed by atoms with Crippen molar-refractivity contribution >= 4 is 54.5 Å². The Hall–Kier alpha value is -3.75. The number of fused-ring (bicyclic) bond motifs is 1. The van der Waals surface area contributed by atoms with Gasteiger partial charge >= 0.3 is 37.0 Å². The van der Waals surface area contributed by atoms with E-state index in [1.165, 1.54) is 28.9 Å². The summed E-state index contributed by atoms with van der Waals surface area (Å²) >= 11 is 0. The minimum Gasteiger partial charge on any atom is -0.442 e. The van der Waals surface area contributed by atoms with Crippen molar-refractivity contribution in [2.24, 2.45) is 5.73 Å². The van der Waals surface area contributed by atoms with Crippen LogP contribution in [0.3, 0.4) is 0 Å². The third-order valence-electron chi connectivity index (χ3n) is 6.74. The highest BCUT2D eigenvalue weighted by Crippen LogP contribution is 2.71. The molecule has 5 rings (SSSR count). The van der Waals surface area contributed by atoms with Gasteiger partial charge in [0.05, 0.1) is 12.2 Å². The Balaban J connectivity index is 1.16. The van der Waals surface area contributed by atoms with E-state index in [0.29, 0.717) is 4.57 Å². The highest BCUT2D eigenvalue weighted by molar-refractivity contribution is 7.69. The number of aliphatic hydroxyl groups excluding tert-OH is 2. The van der Waals surface area contributed by atoms with Gasteiger partial charge in [-0.15, -0.1) is 0 Å². The second-order valence-corrected chi connectivity index (χ2v) is 16.8. The molecule has 32 heteroatoms. The molecule has 8 atom stereocenters. The number of nitrogens with zero attached hydrogens (tertiary/aromatic N) is 4. The molecule has 54 heavy (non-hydrogen) atoms. The maximum atomic E-state index is 12.4. The van der Waals surface area contributed by atoms with Gasteiger partial charge in [-0.25, -0.2) is 28.0 Å². The molecule has 4 aromatic heterocycles. The molecule has 0 spiro atoms. The number of phosphoric acid groups is 4. The van der Waals surface area contributed by atoms with Crippen LogP contribution in [-0.2, 0) is 51.6 Å². The highest BCUT2D eigenvalue weighted by atomic mass is 31.3. The Labute approximate surface area is 297 Å². The minimum atomic E-state index is -6.20. The van der Waals surface area contributed by atoms with Crippen molar-refractivity contribution in [3.8, 4) is 5.88 Å². The third kappa shape index (κ3) is 9.91. The summed E-state index contributed by atoms with van der Waals surface area (Å²) < 4.78 is 82.5. The lowest BCUT2D eigenvalue weighted by Gasteiger charge is -2.20. The number of phosphoric ester groups is 2. The van der Waals surface area contributed by atoms with Crippen molar-refractivity contribution < 1.29 is 79.2 Å². The molecule has 0 amide bonds. The molecule has 4 aromatic rings. The first-order valence-electron chi connectivity index (χ1n) is 14.4. The van der Waals surface area contributed by atoms with Crippen LogP contribution < -0.4 is 28.3 Å². The zero-order valence-corrected chi connectivity index (χ0v) is 30.1. The fourth-order valence-corrected chi connectivity index (χ4v) is 9.45. The number of hydrogen-bond acceptors (Lipinski definition) is 20. The number of aromatic nitrogens is 6. The zero-order chi connectivity index (χ0) is 39.8. The van der Waals surface area contributed by atoms with Crippen molar-refractivity contribution in [2.45, 2.75) is 31.1 Å². The second kappa shape index (κ2) is 15.8. The van der Waals surface area contributed by atoms with Gasteiger partial charge < -0.3 is 50.4 Å². The predicted octanol–water partition coefficient (Wildman–Crippen LogP) is -1.59. The van der Waals surface area contributed by atoms with Crippen molar-refractivity contribution in [3.63, 3.8) is 0 Å². The molecular formula is C22H28N8O20P4. The summed E-state index contributed by atoms with van der Waals surface area (Å²) in [5.74, 6) is -0.516. The largest absolute Gasteiger partial charge is 0.490 e. The Morgan fingerprint density at radius 3 is 2.22 bits per heavy atom. The zero-order valence-electron chi connectivity index (χ0n) is 26.5. The Bertz CT molecular complexity index is 2440. The number of H-pyrrole nitrogens is 2. The summed E-state index contributed by atoms with van der Waals surface area (Å²) in [7, 11) is -23.9. The minimum absolute atomic E-state index is 0.0235. The molecule has 0 aliphatic carbocycles. The van der Waals surface area contributed by atoms with Crippen LogP contribution in [0.5, 0.6) is 0 Å². The van der Waals surface area contributed by atoms with Gasteiger partial charge in [0, 0.05) is 18.8 Å². The van der Waals surface area contributed by atoms with Crippen LogP contribution >= 0.6 is 31.3 Å². The SMILES string of the molecule is NC/C=C/c1cn([C@H]2O[C@@H](COP(=O)(O)OP(=O)(O)OP(=O)(O)OP(=O)(O)OCc3ccc(-n4cnc5c(=O)[nH]c(N)nc54)o3)C(O)C2O)c(=O)[nH]c1=O. The maximum absolute atomic E-state index is 12.4. The number of nitrogen functional groups attached to an aromatic ring is 1. The Morgan fingerprint density at radius 2 is 1.56 bits per heavy atom. The molecule has 28 nitrogen and oxygen atoms in total. The molecule has 0 bridgehead atoms. The van der Waals surface area contributed by atoms with E-state index >= 15 is 0 Å². The average Bonchev–Trinajstić information content (AvgIpc) is 3.75. The fourth-order valence-electron chi connectivity index (χ4n) is 4.54. The lowest BCUT2D eigenvalue weighted by Crippen LogP contribution is -2.38. The summed E-state index contributed by atoms with van der Waals surface area (Å²) in [4.78, 5) is 87.8.